The van der Waals surface area contributed by atoms with Crippen LogP contribution in [0, 0.1) is 11.8 Å². The molecule has 348 valence electrons. The normalized spacial score (nSPS) is 19.7. The lowest BCUT2D eigenvalue weighted by atomic mass is 9.90. The molecular weight excluding hydrogens is 797 g/mol. The number of nitrogens with zero attached hydrogens (tertiary/aromatic N) is 1. The molecule has 61 heavy (non-hydrogen) atoms. The molecule has 1 aliphatic carbocycles. The Hall–Kier alpha value is -2.96. The lowest BCUT2D eigenvalue weighted by molar-refractivity contribution is -0.870. The highest BCUT2D eigenvalue weighted by atomic mass is 31.2. The maximum atomic E-state index is 12.7. The number of quaternary nitrogens is 1. The van der Waals surface area contributed by atoms with Crippen LogP contribution in [0.5, 0.6) is 0 Å². The van der Waals surface area contributed by atoms with Gasteiger partial charge in [0.15, 0.2) is 6.10 Å². The highest BCUT2D eigenvalue weighted by Gasteiger charge is 2.39. The maximum Gasteiger partial charge on any atom is 0.306 e. The van der Waals surface area contributed by atoms with Gasteiger partial charge in [0.2, 0.25) is 0 Å². The fourth-order valence-corrected chi connectivity index (χ4v) is 7.18. The second-order valence-electron chi connectivity index (χ2n) is 16.8. The SMILES string of the molecule is CC/C=C\C/C=C\C/C=C\C/C=C\CCCCCCC(=O)O[C@H](COC(=O)CCC/C=C\C[C@H]1C(=O)C[C@@H](O)[C@@H]1/C=C/[C@@H](O)CCCCC)COP(=O)([O-])OCC[N+](C)(C)C. The zero-order valence-corrected chi connectivity index (χ0v) is 38.9. The molecular formula is C48H80NO11P. The minimum absolute atomic E-state index is 0.00683. The number of allylic oxidation sites excluding steroid dienone is 10. The van der Waals surface area contributed by atoms with Crippen LogP contribution in [0.1, 0.15) is 136 Å². The van der Waals surface area contributed by atoms with E-state index in [1.54, 1.807) is 12.2 Å². The third-order valence-corrected chi connectivity index (χ3v) is 11.0. The Kier molecular flexibility index (Phi) is 31.7. The van der Waals surface area contributed by atoms with Gasteiger partial charge in [0, 0.05) is 31.1 Å². The topological polar surface area (TPSA) is 169 Å². The molecule has 0 aromatic carbocycles. The van der Waals surface area contributed by atoms with Crippen molar-refractivity contribution in [1.29, 1.82) is 0 Å². The Morgan fingerprint density at radius 2 is 1.43 bits per heavy atom. The Balaban J connectivity index is 2.52. The van der Waals surface area contributed by atoms with Crippen molar-refractivity contribution in [2.24, 2.45) is 11.8 Å². The van der Waals surface area contributed by atoms with Crippen LogP contribution in [0.3, 0.4) is 0 Å². The van der Waals surface area contributed by atoms with Crippen LogP contribution < -0.4 is 4.89 Å². The van der Waals surface area contributed by atoms with Crippen LogP contribution in [0.4, 0.5) is 0 Å². The van der Waals surface area contributed by atoms with E-state index in [9.17, 15) is 34.1 Å². The molecule has 0 aromatic rings. The van der Waals surface area contributed by atoms with Gasteiger partial charge in [-0.05, 0) is 70.6 Å². The minimum atomic E-state index is -4.70. The summed E-state index contributed by atoms with van der Waals surface area (Å²) >= 11 is 0. The van der Waals surface area contributed by atoms with E-state index in [-0.39, 0.29) is 50.1 Å². The van der Waals surface area contributed by atoms with Crippen molar-refractivity contribution in [3.63, 3.8) is 0 Å². The average Bonchev–Trinajstić information content (AvgIpc) is 3.47. The fourth-order valence-electron chi connectivity index (χ4n) is 6.45. The van der Waals surface area contributed by atoms with Gasteiger partial charge < -0.3 is 38.1 Å². The van der Waals surface area contributed by atoms with Crippen molar-refractivity contribution in [3.8, 4) is 0 Å². The summed E-state index contributed by atoms with van der Waals surface area (Å²) in [7, 11) is 0.987. The highest BCUT2D eigenvalue weighted by Crippen LogP contribution is 2.38. The number of esters is 2. The molecule has 0 radical (unpaired) electrons. The summed E-state index contributed by atoms with van der Waals surface area (Å²) in [5, 5.41) is 20.7. The molecule has 0 aromatic heterocycles. The molecule has 0 saturated heterocycles. The molecule has 1 saturated carbocycles. The molecule has 1 unspecified atom stereocenters. The van der Waals surface area contributed by atoms with Crippen molar-refractivity contribution in [2.75, 3.05) is 47.5 Å². The van der Waals surface area contributed by atoms with Gasteiger partial charge in [0.1, 0.15) is 25.5 Å². The smallest absolute Gasteiger partial charge is 0.306 e. The van der Waals surface area contributed by atoms with Crippen LogP contribution in [0.2, 0.25) is 0 Å². The molecule has 6 atom stereocenters. The number of ketones is 1. The highest BCUT2D eigenvalue weighted by molar-refractivity contribution is 7.45. The lowest BCUT2D eigenvalue weighted by Crippen LogP contribution is -2.37. The molecule has 1 aliphatic rings. The number of likely N-dealkylation sites (N-methyl/N-ethyl adjacent to an activating group) is 1. The van der Waals surface area contributed by atoms with Gasteiger partial charge in [-0.25, -0.2) is 0 Å². The van der Waals surface area contributed by atoms with Gasteiger partial charge in [0.05, 0.1) is 40.0 Å². The zero-order chi connectivity index (χ0) is 45.2. The third-order valence-electron chi connectivity index (χ3n) is 10.1. The standard InChI is InChI=1S/C48H80NO11P/c1-6-8-10-11-12-13-14-15-16-17-18-19-20-21-22-23-29-33-48(54)60-42(40-59-61(55,56)58-37-36-49(3,4)5)39-57-47(53)32-28-25-24-27-31-43-44(46(52)38-45(43)51)35-34-41(50)30-26-9-7-2/h8,10,12-13,15-16,18-19,24,27,34-35,41-44,46,50,52H,6-7,9,11,14,17,20-23,25-26,28-33,36-40H2,1-5H3/b10-8-,13-12-,16-15-,19-18-,27-24-,35-34+/t41-,42+,43+,44+,46+/m0/s1. The van der Waals surface area contributed by atoms with Crippen molar-refractivity contribution in [1.82, 2.24) is 0 Å². The summed E-state index contributed by atoms with van der Waals surface area (Å²) in [4.78, 5) is 50.3. The number of aliphatic hydroxyl groups is 2. The fraction of sp³-hybridized carbons (Fsp3) is 0.688. The van der Waals surface area contributed by atoms with Gasteiger partial charge in [-0.1, -0.05) is 119 Å². The van der Waals surface area contributed by atoms with Gasteiger partial charge in [-0.2, -0.15) is 0 Å². The van der Waals surface area contributed by atoms with E-state index in [4.69, 9.17) is 18.5 Å². The van der Waals surface area contributed by atoms with Crippen LogP contribution in [-0.4, -0.2) is 98.2 Å². The molecule has 0 bridgehead atoms. The summed E-state index contributed by atoms with van der Waals surface area (Å²) < 4.78 is 33.8. The first-order valence-corrected chi connectivity index (χ1v) is 24.2. The number of aliphatic hydroxyl groups excluding tert-OH is 2. The average molecular weight is 878 g/mol. The summed E-state index contributed by atoms with van der Waals surface area (Å²) in [5.41, 5.74) is 0. The molecule has 0 aliphatic heterocycles. The van der Waals surface area contributed by atoms with E-state index in [0.29, 0.717) is 43.1 Å². The molecule has 2 N–H and O–H groups in total. The molecule has 0 spiro atoms. The molecule has 1 fully saturated rings. The number of hydrogen-bond acceptors (Lipinski definition) is 11. The number of rotatable bonds is 36. The maximum absolute atomic E-state index is 12.7. The Labute approximate surface area is 368 Å². The predicted molar refractivity (Wildman–Crippen MR) is 241 cm³/mol. The summed E-state index contributed by atoms with van der Waals surface area (Å²) in [6.45, 7) is 3.65. The van der Waals surface area contributed by atoms with E-state index < -0.39 is 44.7 Å². The number of phosphoric acid groups is 1. The van der Waals surface area contributed by atoms with Crippen LogP contribution in [0.25, 0.3) is 0 Å². The number of ether oxygens (including phenoxy) is 2. The number of hydrogen-bond donors (Lipinski definition) is 2. The monoisotopic (exact) mass is 878 g/mol. The third kappa shape index (κ3) is 31.5. The summed E-state index contributed by atoms with van der Waals surface area (Å²) in [5.74, 6) is -1.80. The van der Waals surface area contributed by atoms with E-state index in [2.05, 4.69) is 62.5 Å². The first kappa shape index (κ1) is 56.1. The Morgan fingerprint density at radius 1 is 0.803 bits per heavy atom. The Bertz CT molecular complexity index is 1430. The van der Waals surface area contributed by atoms with E-state index >= 15 is 0 Å². The quantitative estimate of drug-likeness (QED) is 0.0203. The number of carbonyl (C=O) groups excluding carboxylic acids is 3. The van der Waals surface area contributed by atoms with Crippen molar-refractivity contribution in [3.05, 3.63) is 72.9 Å². The van der Waals surface area contributed by atoms with E-state index in [0.717, 1.165) is 70.6 Å². The second kappa shape index (κ2) is 34.5. The molecule has 0 amide bonds. The van der Waals surface area contributed by atoms with Crippen LogP contribution >= 0.6 is 7.82 Å². The number of carbonyl (C=O) groups is 3. The van der Waals surface area contributed by atoms with Crippen molar-refractivity contribution >= 4 is 25.5 Å². The van der Waals surface area contributed by atoms with Gasteiger partial charge in [-0.3, -0.25) is 18.9 Å². The van der Waals surface area contributed by atoms with Crippen molar-refractivity contribution in [2.45, 2.75) is 154 Å². The minimum Gasteiger partial charge on any atom is -0.756 e. The van der Waals surface area contributed by atoms with Crippen molar-refractivity contribution < 1.29 is 57.1 Å². The summed E-state index contributed by atoms with van der Waals surface area (Å²) in [6.07, 6.45) is 35.8. The van der Waals surface area contributed by atoms with E-state index in [1.807, 2.05) is 33.3 Å². The lowest BCUT2D eigenvalue weighted by Gasteiger charge is -2.28. The predicted octanol–water partition coefficient (Wildman–Crippen LogP) is 8.98. The molecule has 1 rings (SSSR count). The largest absolute Gasteiger partial charge is 0.756 e. The first-order chi connectivity index (χ1) is 29.2. The van der Waals surface area contributed by atoms with Crippen LogP contribution in [-0.2, 0) is 37.5 Å². The summed E-state index contributed by atoms with van der Waals surface area (Å²) in [6, 6.07) is 0. The second-order valence-corrected chi connectivity index (χ2v) is 18.2. The Morgan fingerprint density at radius 3 is 2.10 bits per heavy atom. The van der Waals surface area contributed by atoms with Gasteiger partial charge in [-0.15, -0.1) is 0 Å². The van der Waals surface area contributed by atoms with Crippen LogP contribution in [0.15, 0.2) is 72.9 Å². The molecule has 13 heteroatoms. The number of Topliss-reactive ketones (excluding diaryl/α,β-unsaturated/α-hetero) is 1. The van der Waals surface area contributed by atoms with E-state index in [1.165, 1.54) is 0 Å². The van der Waals surface area contributed by atoms with Gasteiger partial charge in [0.25, 0.3) is 7.82 Å². The zero-order valence-electron chi connectivity index (χ0n) is 38.0. The number of unbranched alkanes of at least 4 members (excludes halogenated alkanes) is 7. The number of phosphoric ester groups is 1. The first-order valence-electron chi connectivity index (χ1n) is 22.7. The molecule has 0 heterocycles. The van der Waals surface area contributed by atoms with Gasteiger partial charge >= 0.3 is 11.9 Å². The molecule has 12 nitrogen and oxygen atoms in total.